The van der Waals surface area contributed by atoms with E-state index in [1.807, 2.05) is 0 Å². The monoisotopic (exact) mass is 909 g/mol. The molecular weight excluding hydrogens is 805 g/mol. The smallest absolute Gasteiger partial charge is 0.306 e. The van der Waals surface area contributed by atoms with Crippen molar-refractivity contribution < 1.29 is 28.6 Å². The Kier molecular flexibility index (Phi) is 51.3. The van der Waals surface area contributed by atoms with Crippen LogP contribution in [0.3, 0.4) is 0 Å². The molecule has 0 aromatic rings. The summed E-state index contributed by atoms with van der Waals surface area (Å²) in [6.07, 6.45) is 66.4. The molecular formula is C59H104O6. The second-order valence-electron chi connectivity index (χ2n) is 18.5. The van der Waals surface area contributed by atoms with Crippen LogP contribution in [0.25, 0.3) is 0 Å². The van der Waals surface area contributed by atoms with E-state index in [1.165, 1.54) is 128 Å². The average molecular weight is 909 g/mol. The van der Waals surface area contributed by atoms with Crippen LogP contribution in [-0.4, -0.2) is 37.2 Å². The number of rotatable bonds is 50. The van der Waals surface area contributed by atoms with Crippen LogP contribution in [-0.2, 0) is 28.6 Å². The molecule has 1 atom stereocenters. The molecule has 1 unspecified atom stereocenters. The zero-order chi connectivity index (χ0) is 47.2. The van der Waals surface area contributed by atoms with Crippen LogP contribution < -0.4 is 0 Å². The van der Waals surface area contributed by atoms with E-state index in [0.717, 1.165) is 109 Å². The van der Waals surface area contributed by atoms with Crippen LogP contribution in [0.2, 0.25) is 0 Å². The largest absolute Gasteiger partial charge is 0.462 e. The van der Waals surface area contributed by atoms with Crippen molar-refractivity contribution in [3.63, 3.8) is 0 Å². The van der Waals surface area contributed by atoms with Crippen LogP contribution in [0.5, 0.6) is 0 Å². The van der Waals surface area contributed by atoms with Gasteiger partial charge in [-0.1, -0.05) is 216 Å². The number of hydrogen-bond acceptors (Lipinski definition) is 6. The maximum atomic E-state index is 12.8. The first-order chi connectivity index (χ1) is 32.0. The lowest BCUT2D eigenvalue weighted by atomic mass is 10.1. The first kappa shape index (κ1) is 62.1. The van der Waals surface area contributed by atoms with Gasteiger partial charge in [0.25, 0.3) is 0 Å². The molecule has 6 heteroatoms. The first-order valence-electron chi connectivity index (χ1n) is 27.8. The zero-order valence-corrected chi connectivity index (χ0v) is 43.0. The van der Waals surface area contributed by atoms with Crippen LogP contribution in [0, 0.1) is 0 Å². The summed E-state index contributed by atoms with van der Waals surface area (Å²) < 4.78 is 16.8. The Hall–Kier alpha value is -2.89. The van der Waals surface area contributed by atoms with E-state index in [4.69, 9.17) is 14.2 Å². The lowest BCUT2D eigenvalue weighted by Gasteiger charge is -2.18. The van der Waals surface area contributed by atoms with Crippen LogP contribution >= 0.6 is 0 Å². The van der Waals surface area contributed by atoms with Gasteiger partial charge in [0, 0.05) is 19.3 Å². The van der Waals surface area contributed by atoms with Crippen LogP contribution in [0.4, 0.5) is 0 Å². The Balaban J connectivity index is 4.40. The van der Waals surface area contributed by atoms with Crippen molar-refractivity contribution in [1.29, 1.82) is 0 Å². The maximum absolute atomic E-state index is 12.8. The minimum Gasteiger partial charge on any atom is -0.462 e. The SMILES string of the molecule is CC/C=C\C/C=C\C/C=C\CCCCCCCCC(=O)OC(COC(=O)CCCCC/C=C\CCCCCCCC)COC(=O)CCCCCCC/C=C\CCCCCCCCCCC. The Morgan fingerprint density at radius 2 is 0.600 bits per heavy atom. The van der Waals surface area contributed by atoms with E-state index >= 15 is 0 Å². The summed E-state index contributed by atoms with van der Waals surface area (Å²) in [4.78, 5) is 38.1. The normalized spacial score (nSPS) is 12.5. The summed E-state index contributed by atoms with van der Waals surface area (Å²) >= 11 is 0. The molecule has 0 spiro atoms. The van der Waals surface area contributed by atoms with Gasteiger partial charge in [-0.05, 0) is 103 Å². The van der Waals surface area contributed by atoms with Gasteiger partial charge in [-0.2, -0.15) is 0 Å². The Labute approximate surface area is 402 Å². The molecule has 0 fully saturated rings. The van der Waals surface area contributed by atoms with Gasteiger partial charge in [-0.25, -0.2) is 0 Å². The van der Waals surface area contributed by atoms with E-state index < -0.39 is 6.10 Å². The molecule has 0 aromatic heterocycles. The van der Waals surface area contributed by atoms with Crippen molar-refractivity contribution in [3.05, 3.63) is 60.8 Å². The van der Waals surface area contributed by atoms with Crippen molar-refractivity contribution in [1.82, 2.24) is 0 Å². The molecule has 0 saturated carbocycles. The first-order valence-corrected chi connectivity index (χ1v) is 27.8. The fourth-order valence-corrected chi connectivity index (χ4v) is 7.80. The number of carbonyl (C=O) groups is 3. The molecule has 0 heterocycles. The van der Waals surface area contributed by atoms with Gasteiger partial charge in [0.05, 0.1) is 0 Å². The molecule has 0 bridgehead atoms. The molecule has 376 valence electrons. The molecule has 0 aliphatic heterocycles. The van der Waals surface area contributed by atoms with Crippen LogP contribution in [0.15, 0.2) is 60.8 Å². The van der Waals surface area contributed by atoms with Crippen molar-refractivity contribution in [3.8, 4) is 0 Å². The van der Waals surface area contributed by atoms with E-state index in [2.05, 4.69) is 81.5 Å². The summed E-state index contributed by atoms with van der Waals surface area (Å²) in [5.74, 6) is -0.917. The fraction of sp³-hybridized carbons (Fsp3) is 0.780. The molecule has 6 nitrogen and oxygen atoms in total. The predicted octanol–water partition coefficient (Wildman–Crippen LogP) is 18.4. The summed E-state index contributed by atoms with van der Waals surface area (Å²) in [5.41, 5.74) is 0. The zero-order valence-electron chi connectivity index (χ0n) is 43.0. The minimum absolute atomic E-state index is 0.0880. The third-order valence-electron chi connectivity index (χ3n) is 12.0. The highest BCUT2D eigenvalue weighted by molar-refractivity contribution is 5.71. The summed E-state index contributed by atoms with van der Waals surface area (Å²) in [6, 6.07) is 0. The highest BCUT2D eigenvalue weighted by atomic mass is 16.6. The standard InChI is InChI=1S/C59H104O6/c1-4-7-10-13-16-19-22-25-27-29-30-32-34-37-40-43-46-49-52-58(61)64-55-56(54-63-57(60)51-48-45-42-39-36-33-24-21-18-15-12-9-6-3)65-59(62)53-50-47-44-41-38-35-31-28-26-23-20-17-14-11-8-5-2/h8,11,17,20,26,28,30,32-33,36,56H,4-7,9-10,12-16,18-19,21-25,27,29,31,34-35,37-55H2,1-3H3/b11-8-,20-17-,28-26-,32-30-,36-33-. The highest BCUT2D eigenvalue weighted by Crippen LogP contribution is 2.15. The predicted molar refractivity (Wildman–Crippen MR) is 279 cm³/mol. The number of carbonyl (C=O) groups excluding carboxylic acids is 3. The average Bonchev–Trinajstić information content (AvgIpc) is 3.30. The topological polar surface area (TPSA) is 78.9 Å². The molecule has 0 radical (unpaired) electrons. The second kappa shape index (κ2) is 53.7. The van der Waals surface area contributed by atoms with Gasteiger partial charge in [0.1, 0.15) is 13.2 Å². The van der Waals surface area contributed by atoms with Gasteiger partial charge in [-0.15, -0.1) is 0 Å². The second-order valence-corrected chi connectivity index (χ2v) is 18.5. The molecule has 0 saturated heterocycles. The van der Waals surface area contributed by atoms with E-state index in [-0.39, 0.29) is 31.1 Å². The van der Waals surface area contributed by atoms with Gasteiger partial charge in [0.2, 0.25) is 0 Å². The van der Waals surface area contributed by atoms with Crippen molar-refractivity contribution in [2.75, 3.05) is 13.2 Å². The fourth-order valence-electron chi connectivity index (χ4n) is 7.80. The Morgan fingerprint density at radius 1 is 0.323 bits per heavy atom. The molecule has 0 amide bonds. The van der Waals surface area contributed by atoms with Crippen molar-refractivity contribution in [2.24, 2.45) is 0 Å². The Morgan fingerprint density at radius 3 is 0.969 bits per heavy atom. The van der Waals surface area contributed by atoms with Gasteiger partial charge in [-0.3, -0.25) is 14.4 Å². The number of ether oxygens (including phenoxy) is 3. The van der Waals surface area contributed by atoms with Crippen LogP contribution in [0.1, 0.15) is 278 Å². The molecule has 0 aliphatic carbocycles. The molecule has 0 aromatic carbocycles. The Bertz CT molecular complexity index is 1180. The molecule has 0 N–H and O–H groups in total. The van der Waals surface area contributed by atoms with Gasteiger partial charge >= 0.3 is 17.9 Å². The number of esters is 3. The summed E-state index contributed by atoms with van der Waals surface area (Å²) in [7, 11) is 0. The minimum atomic E-state index is -0.790. The number of hydrogen-bond donors (Lipinski definition) is 0. The van der Waals surface area contributed by atoms with Crippen molar-refractivity contribution in [2.45, 2.75) is 284 Å². The molecule has 0 rings (SSSR count). The number of unbranched alkanes of at least 4 members (excludes halogenated alkanes) is 29. The van der Waals surface area contributed by atoms with E-state index in [9.17, 15) is 14.4 Å². The lowest BCUT2D eigenvalue weighted by Crippen LogP contribution is -2.30. The van der Waals surface area contributed by atoms with Gasteiger partial charge < -0.3 is 14.2 Å². The summed E-state index contributed by atoms with van der Waals surface area (Å²) in [5, 5.41) is 0. The highest BCUT2D eigenvalue weighted by Gasteiger charge is 2.19. The third-order valence-corrected chi connectivity index (χ3v) is 12.0. The lowest BCUT2D eigenvalue weighted by molar-refractivity contribution is -0.167. The molecule has 0 aliphatic rings. The van der Waals surface area contributed by atoms with E-state index in [0.29, 0.717) is 19.3 Å². The maximum Gasteiger partial charge on any atom is 0.306 e. The van der Waals surface area contributed by atoms with Crippen molar-refractivity contribution >= 4 is 17.9 Å². The summed E-state index contributed by atoms with van der Waals surface area (Å²) in [6.45, 7) is 6.51. The van der Waals surface area contributed by atoms with E-state index in [1.54, 1.807) is 0 Å². The molecule has 65 heavy (non-hydrogen) atoms. The third kappa shape index (κ3) is 51.9. The van der Waals surface area contributed by atoms with Gasteiger partial charge in [0.15, 0.2) is 6.10 Å². The quantitative estimate of drug-likeness (QED) is 0.0262. The number of allylic oxidation sites excluding steroid dienone is 10.